The van der Waals surface area contributed by atoms with Gasteiger partial charge in [0, 0.05) is 20.1 Å². The number of halogens is 1. The van der Waals surface area contributed by atoms with Gasteiger partial charge in [-0.1, -0.05) is 36.7 Å². The number of hydrogen-bond donors (Lipinski definition) is 0. The van der Waals surface area contributed by atoms with Crippen molar-refractivity contribution in [2.24, 2.45) is 7.05 Å². The zero-order valence-corrected chi connectivity index (χ0v) is 15.4. The van der Waals surface area contributed by atoms with Crippen LogP contribution in [0.3, 0.4) is 0 Å². The van der Waals surface area contributed by atoms with Crippen molar-refractivity contribution in [2.75, 3.05) is 13.1 Å². The molecule has 1 aliphatic rings. The number of rotatable bonds is 4. The van der Waals surface area contributed by atoms with Gasteiger partial charge in [-0.2, -0.15) is 0 Å². The maximum atomic E-state index is 14.0. The molecule has 1 saturated heterocycles. The fraction of sp³-hybridized carbons (Fsp3) is 0.500. The van der Waals surface area contributed by atoms with Crippen LogP contribution in [-0.2, 0) is 11.8 Å². The van der Waals surface area contributed by atoms with E-state index in [9.17, 15) is 9.18 Å². The zero-order valence-electron chi connectivity index (χ0n) is 14.6. The maximum absolute atomic E-state index is 14.0. The molecule has 0 spiro atoms. The first-order valence-electron chi connectivity index (χ1n) is 8.67. The Morgan fingerprint density at radius 3 is 2.52 bits per heavy atom. The van der Waals surface area contributed by atoms with Crippen LogP contribution in [0.1, 0.15) is 32.6 Å². The molecule has 0 bridgehead atoms. The van der Waals surface area contributed by atoms with Crippen molar-refractivity contribution in [3.63, 3.8) is 0 Å². The topological polar surface area (TPSA) is 51.0 Å². The predicted octanol–water partition coefficient (Wildman–Crippen LogP) is 3.50. The summed E-state index contributed by atoms with van der Waals surface area (Å²) < 4.78 is 15.7. The number of likely N-dealkylation sites (tertiary alicyclic amines) is 1. The fourth-order valence-corrected chi connectivity index (χ4v) is 3.95. The number of carbonyl (C=O) groups is 1. The summed E-state index contributed by atoms with van der Waals surface area (Å²) in [4.78, 5) is 14.6. The summed E-state index contributed by atoms with van der Waals surface area (Å²) in [6, 6.07) is 6.50. The Morgan fingerprint density at radius 2 is 1.84 bits per heavy atom. The maximum Gasteiger partial charge on any atom is 0.235 e. The quantitative estimate of drug-likeness (QED) is 0.781. The van der Waals surface area contributed by atoms with Crippen LogP contribution >= 0.6 is 11.8 Å². The van der Waals surface area contributed by atoms with Crippen LogP contribution in [0.2, 0.25) is 0 Å². The normalized spacial score (nSPS) is 16.5. The molecule has 0 radical (unpaired) electrons. The Morgan fingerprint density at radius 1 is 1.16 bits per heavy atom. The molecule has 1 aromatic heterocycles. The Balaban J connectivity index is 1.73. The van der Waals surface area contributed by atoms with Crippen molar-refractivity contribution < 1.29 is 9.18 Å². The molecule has 25 heavy (non-hydrogen) atoms. The minimum absolute atomic E-state index is 0.141. The highest BCUT2D eigenvalue weighted by atomic mass is 32.2. The van der Waals surface area contributed by atoms with Gasteiger partial charge in [0.05, 0.1) is 10.8 Å². The van der Waals surface area contributed by atoms with Gasteiger partial charge in [0.1, 0.15) is 5.82 Å². The summed E-state index contributed by atoms with van der Waals surface area (Å²) in [6.07, 6.45) is 4.54. The lowest BCUT2D eigenvalue weighted by Gasteiger charge is -2.23. The lowest BCUT2D eigenvalue weighted by atomic mass is 10.2. The molecular formula is C18H23FN4OS. The van der Waals surface area contributed by atoms with E-state index in [1.807, 2.05) is 11.8 Å². The van der Waals surface area contributed by atoms with Crippen molar-refractivity contribution in [3.05, 3.63) is 30.1 Å². The summed E-state index contributed by atoms with van der Waals surface area (Å²) in [6.45, 7) is 3.57. The van der Waals surface area contributed by atoms with Gasteiger partial charge in [0.25, 0.3) is 0 Å². The molecular weight excluding hydrogens is 339 g/mol. The highest BCUT2D eigenvalue weighted by molar-refractivity contribution is 8.00. The second-order valence-electron chi connectivity index (χ2n) is 6.34. The minimum Gasteiger partial charge on any atom is -0.342 e. The average molecular weight is 362 g/mol. The van der Waals surface area contributed by atoms with Crippen LogP contribution in [0.5, 0.6) is 0 Å². The third kappa shape index (κ3) is 4.03. The Kier molecular flexibility index (Phi) is 5.73. The third-order valence-corrected chi connectivity index (χ3v) is 5.62. The largest absolute Gasteiger partial charge is 0.342 e. The highest BCUT2D eigenvalue weighted by Gasteiger charge is 2.24. The molecule has 3 rings (SSSR count). The lowest BCUT2D eigenvalue weighted by molar-refractivity contribution is -0.130. The first-order valence-corrected chi connectivity index (χ1v) is 9.55. The highest BCUT2D eigenvalue weighted by Crippen LogP contribution is 2.28. The number of carbonyl (C=O) groups excluding carboxylic acids is 1. The van der Waals surface area contributed by atoms with E-state index in [2.05, 4.69) is 10.2 Å². The summed E-state index contributed by atoms with van der Waals surface area (Å²) in [7, 11) is 1.80. The average Bonchev–Trinajstić information content (AvgIpc) is 2.81. The Hall–Kier alpha value is -1.89. The first kappa shape index (κ1) is 17.9. The van der Waals surface area contributed by atoms with Crippen LogP contribution in [0, 0.1) is 5.82 Å². The zero-order chi connectivity index (χ0) is 17.8. The molecule has 0 N–H and O–H groups in total. The van der Waals surface area contributed by atoms with Gasteiger partial charge in [0.2, 0.25) is 5.91 Å². The van der Waals surface area contributed by atoms with Crippen molar-refractivity contribution in [1.82, 2.24) is 19.7 Å². The van der Waals surface area contributed by atoms with Crippen LogP contribution in [0.25, 0.3) is 11.4 Å². The molecule has 2 aromatic rings. The number of thioether (sulfide) groups is 1. The number of hydrogen-bond acceptors (Lipinski definition) is 4. The lowest BCUT2D eigenvalue weighted by Crippen LogP contribution is -2.37. The van der Waals surface area contributed by atoms with Crippen molar-refractivity contribution in [2.45, 2.75) is 43.0 Å². The van der Waals surface area contributed by atoms with Crippen molar-refractivity contribution >= 4 is 17.7 Å². The number of amides is 1. The van der Waals surface area contributed by atoms with Crippen LogP contribution in [0.15, 0.2) is 29.4 Å². The number of nitrogens with zero attached hydrogens (tertiary/aromatic N) is 4. The fourth-order valence-electron chi connectivity index (χ4n) is 3.05. The second-order valence-corrected chi connectivity index (χ2v) is 7.65. The molecule has 2 heterocycles. The van der Waals surface area contributed by atoms with Crippen molar-refractivity contribution in [3.8, 4) is 11.4 Å². The molecule has 0 aliphatic carbocycles. The van der Waals surface area contributed by atoms with Gasteiger partial charge in [-0.15, -0.1) is 10.2 Å². The van der Waals surface area contributed by atoms with Crippen LogP contribution in [-0.4, -0.2) is 43.9 Å². The summed E-state index contributed by atoms with van der Waals surface area (Å²) in [5, 5.41) is 8.65. The molecule has 1 atom stereocenters. The standard InChI is InChI=1S/C18H23FN4OS/c1-13(17(24)23-11-7-3-4-8-12-23)25-18-21-20-16(22(18)2)14-9-5-6-10-15(14)19/h5-6,9-10,13H,3-4,7-8,11-12H2,1-2H3/t13-/m0/s1. The SMILES string of the molecule is C[C@H](Sc1nnc(-c2ccccc2F)n1C)C(=O)N1CCCCCC1. The van der Waals surface area contributed by atoms with E-state index in [1.165, 1.54) is 30.7 Å². The van der Waals surface area contributed by atoms with E-state index < -0.39 is 0 Å². The van der Waals surface area contributed by atoms with Gasteiger partial charge in [0.15, 0.2) is 11.0 Å². The van der Waals surface area contributed by atoms with Gasteiger partial charge in [-0.05, 0) is 31.9 Å². The van der Waals surface area contributed by atoms with Crippen molar-refractivity contribution in [1.29, 1.82) is 0 Å². The van der Waals surface area contributed by atoms with Gasteiger partial charge in [-0.3, -0.25) is 4.79 Å². The predicted molar refractivity (Wildman–Crippen MR) is 96.8 cm³/mol. The van der Waals surface area contributed by atoms with E-state index in [-0.39, 0.29) is 17.0 Å². The monoisotopic (exact) mass is 362 g/mol. The van der Waals surface area contributed by atoms with Crippen LogP contribution < -0.4 is 0 Å². The molecule has 1 aliphatic heterocycles. The smallest absolute Gasteiger partial charge is 0.235 e. The molecule has 0 saturated carbocycles. The second kappa shape index (κ2) is 7.99. The molecule has 7 heteroatoms. The van der Waals surface area contributed by atoms with E-state index in [0.717, 1.165) is 25.9 Å². The summed E-state index contributed by atoms with van der Waals surface area (Å²) in [5.74, 6) is 0.278. The Labute approximate surface area is 151 Å². The summed E-state index contributed by atoms with van der Waals surface area (Å²) >= 11 is 1.38. The van der Waals surface area contributed by atoms with E-state index in [0.29, 0.717) is 16.5 Å². The molecule has 1 fully saturated rings. The van der Waals surface area contributed by atoms with Gasteiger partial charge >= 0.3 is 0 Å². The van der Waals surface area contributed by atoms with Gasteiger partial charge < -0.3 is 9.47 Å². The number of benzene rings is 1. The Bertz CT molecular complexity index is 740. The first-order chi connectivity index (χ1) is 12.1. The number of aromatic nitrogens is 3. The summed E-state index contributed by atoms with van der Waals surface area (Å²) in [5.41, 5.74) is 0.413. The van der Waals surface area contributed by atoms with Crippen LogP contribution in [0.4, 0.5) is 4.39 Å². The molecule has 134 valence electrons. The third-order valence-electron chi connectivity index (χ3n) is 4.50. The van der Waals surface area contributed by atoms with E-state index in [1.54, 1.807) is 29.8 Å². The minimum atomic E-state index is -0.330. The molecule has 0 unspecified atom stereocenters. The van der Waals surface area contributed by atoms with Gasteiger partial charge in [-0.25, -0.2) is 4.39 Å². The molecule has 1 amide bonds. The molecule has 5 nitrogen and oxygen atoms in total. The molecule has 1 aromatic carbocycles. The van der Waals surface area contributed by atoms with E-state index >= 15 is 0 Å². The van der Waals surface area contributed by atoms with E-state index in [4.69, 9.17) is 0 Å².